The van der Waals surface area contributed by atoms with E-state index in [1.54, 1.807) is 24.3 Å². The van der Waals surface area contributed by atoms with Gasteiger partial charge in [-0.1, -0.05) is 55.1 Å². The van der Waals surface area contributed by atoms with E-state index in [0.717, 1.165) is 43.2 Å². The van der Waals surface area contributed by atoms with Gasteiger partial charge < -0.3 is 0 Å². The fraction of sp³-hybridized carbons (Fsp3) is 0.500. The predicted octanol–water partition coefficient (Wildman–Crippen LogP) is 5.51. The Morgan fingerprint density at radius 2 is 1.34 bits per heavy atom. The van der Waals surface area contributed by atoms with E-state index < -0.39 is 19.9 Å². The molecule has 0 amide bonds. The van der Waals surface area contributed by atoms with Crippen LogP contribution in [0.2, 0.25) is 0 Å². The summed E-state index contributed by atoms with van der Waals surface area (Å²) in [6, 6.07) is 13.7. The van der Waals surface area contributed by atoms with Crippen LogP contribution in [-0.2, 0) is 19.9 Å². The maximum Gasteiger partial charge on any atom is 0.291 e. The topological polar surface area (TPSA) is 75.6 Å². The van der Waals surface area contributed by atoms with Crippen LogP contribution in [0.15, 0.2) is 62.1 Å². The molecule has 4 bridgehead atoms. The quantitative estimate of drug-likeness (QED) is 0.511. The number of rotatable bonds is 5. The van der Waals surface area contributed by atoms with Crippen LogP contribution < -0.4 is 4.72 Å². The molecule has 1 N–H and O–H groups in total. The minimum atomic E-state index is -4.12. The molecule has 172 valence electrons. The van der Waals surface area contributed by atoms with Gasteiger partial charge in [0.25, 0.3) is 10.0 Å². The average Bonchev–Trinajstić information content (AvgIpc) is 2.65. The lowest BCUT2D eigenvalue weighted by Crippen LogP contribution is -2.63. The zero-order valence-corrected chi connectivity index (χ0v) is 21.6. The lowest BCUT2D eigenvalue weighted by Gasteiger charge is -2.60. The number of benzene rings is 2. The zero-order chi connectivity index (χ0) is 22.8. The Bertz CT molecular complexity index is 1250. The summed E-state index contributed by atoms with van der Waals surface area (Å²) in [5, 5.41) is 0. The van der Waals surface area contributed by atoms with Crippen molar-refractivity contribution in [3.63, 3.8) is 0 Å². The van der Waals surface area contributed by atoms with E-state index >= 15 is 0 Å². The smallest absolute Gasteiger partial charge is 0.228 e. The number of sulfonamides is 1. The Morgan fingerprint density at radius 1 is 0.844 bits per heavy atom. The minimum Gasteiger partial charge on any atom is -0.228 e. The second-order valence-corrected chi connectivity index (χ2v) is 15.6. The minimum absolute atomic E-state index is 0.0491. The average molecular weight is 538 g/mol. The molecule has 5 nitrogen and oxygen atoms in total. The van der Waals surface area contributed by atoms with E-state index in [1.165, 1.54) is 18.6 Å². The van der Waals surface area contributed by atoms with Crippen molar-refractivity contribution >= 4 is 35.9 Å². The van der Waals surface area contributed by atoms with Gasteiger partial charge in [0.05, 0.1) is 9.79 Å². The Kier molecular flexibility index (Phi) is 5.40. The predicted molar refractivity (Wildman–Crippen MR) is 131 cm³/mol. The Balaban J connectivity index is 1.62. The third-order valence-electron chi connectivity index (χ3n) is 7.21. The summed E-state index contributed by atoms with van der Waals surface area (Å²) >= 11 is 3.99. The van der Waals surface area contributed by atoms with Crippen LogP contribution in [0.4, 0.5) is 0 Å². The number of nitrogens with zero attached hydrogens (tertiary/aromatic N) is 1. The molecule has 0 aromatic heterocycles. The molecule has 4 aliphatic rings. The highest BCUT2D eigenvalue weighted by molar-refractivity contribution is 9.10. The van der Waals surface area contributed by atoms with E-state index in [1.807, 2.05) is 26.0 Å². The van der Waals surface area contributed by atoms with Gasteiger partial charge in [-0.25, -0.2) is 8.93 Å². The van der Waals surface area contributed by atoms with Crippen LogP contribution >= 0.6 is 15.9 Å². The first-order valence-corrected chi connectivity index (χ1v) is 14.9. The fourth-order valence-corrected chi connectivity index (χ4v) is 11.6. The summed E-state index contributed by atoms with van der Waals surface area (Å²) in [4.78, 5) is 0.477. The number of aryl methyl sites for hydroxylation is 2. The summed E-state index contributed by atoms with van der Waals surface area (Å²) in [6.07, 6.45) is 6.16. The maximum absolute atomic E-state index is 14.5. The van der Waals surface area contributed by atoms with Gasteiger partial charge in [-0.15, -0.1) is 0 Å². The van der Waals surface area contributed by atoms with Crippen LogP contribution in [0, 0.1) is 25.7 Å². The highest BCUT2D eigenvalue weighted by atomic mass is 79.9. The number of nitrogens with one attached hydrogen (secondary N) is 1. The SMILES string of the molecule is Cc1ccc(S(=O)(=O)N=S(=O)(NC23C[C@@H]4C[C@@H](CC(Br)(C4)C2)C3)c2ccc(C)cc2)cc1. The number of hydrogen-bond acceptors (Lipinski definition) is 3. The lowest BCUT2D eigenvalue weighted by atomic mass is 9.53. The molecule has 0 heterocycles. The van der Waals surface area contributed by atoms with E-state index in [2.05, 4.69) is 24.4 Å². The van der Waals surface area contributed by atoms with Crippen molar-refractivity contribution in [2.75, 3.05) is 0 Å². The molecule has 6 rings (SSSR count). The third kappa shape index (κ3) is 4.19. The first-order chi connectivity index (χ1) is 15.0. The normalized spacial score (nSPS) is 33.1. The van der Waals surface area contributed by atoms with Crippen LogP contribution in [0.3, 0.4) is 0 Å². The second-order valence-electron chi connectivity index (χ2n) is 10.2. The molecule has 8 heteroatoms. The van der Waals surface area contributed by atoms with E-state index in [4.69, 9.17) is 0 Å². The first kappa shape index (κ1) is 22.6. The fourth-order valence-electron chi connectivity index (χ4n) is 6.30. The van der Waals surface area contributed by atoms with Crippen molar-refractivity contribution in [2.24, 2.45) is 15.6 Å². The van der Waals surface area contributed by atoms with Crippen LogP contribution in [0.25, 0.3) is 0 Å². The van der Waals surface area contributed by atoms with Crippen molar-refractivity contribution in [1.29, 1.82) is 0 Å². The molecule has 0 radical (unpaired) electrons. The summed E-state index contributed by atoms with van der Waals surface area (Å²) in [5.41, 5.74) is 1.60. The molecule has 0 aliphatic heterocycles. The van der Waals surface area contributed by atoms with E-state index in [-0.39, 0.29) is 14.8 Å². The van der Waals surface area contributed by atoms with Gasteiger partial charge in [0, 0.05) is 9.86 Å². The third-order valence-corrected chi connectivity index (χ3v) is 12.2. The van der Waals surface area contributed by atoms with Gasteiger partial charge in [-0.05, 0) is 88.5 Å². The monoisotopic (exact) mass is 536 g/mol. The van der Waals surface area contributed by atoms with Crippen LogP contribution in [0.1, 0.15) is 49.7 Å². The molecule has 3 unspecified atom stereocenters. The van der Waals surface area contributed by atoms with Crippen molar-refractivity contribution < 1.29 is 12.6 Å². The van der Waals surface area contributed by atoms with E-state index in [0.29, 0.717) is 16.7 Å². The van der Waals surface area contributed by atoms with E-state index in [9.17, 15) is 12.6 Å². The van der Waals surface area contributed by atoms with Gasteiger partial charge >= 0.3 is 0 Å². The largest absolute Gasteiger partial charge is 0.291 e. The van der Waals surface area contributed by atoms with Crippen molar-refractivity contribution in [2.45, 2.75) is 72.0 Å². The summed E-state index contributed by atoms with van der Waals surface area (Å²) < 4.78 is 48.5. The maximum atomic E-state index is 14.5. The Hall–Kier alpha value is -1.22. The summed E-state index contributed by atoms with van der Waals surface area (Å²) in [7, 11) is -7.54. The van der Waals surface area contributed by atoms with Crippen LogP contribution in [-0.4, -0.2) is 22.5 Å². The van der Waals surface area contributed by atoms with Gasteiger partial charge in [-0.3, -0.25) is 0 Å². The standard InChI is InChI=1S/C24H29BrN2O3S2/c1-17-3-7-21(8-4-17)31(28,27-32(29,30)22-9-5-18(2)6-10-22)26-24-14-19-11-20(15-24)13-23(25,12-19)16-24/h3-10,19-20H,11-16H2,1-2H3,(H,26,27,28)/t19-,20+,23?,24?,31?. The molecule has 2 aromatic rings. The zero-order valence-electron chi connectivity index (χ0n) is 18.4. The first-order valence-electron chi connectivity index (χ1n) is 11.1. The highest BCUT2D eigenvalue weighted by Gasteiger charge is 2.57. The molecule has 4 aliphatic carbocycles. The van der Waals surface area contributed by atoms with Crippen LogP contribution in [0.5, 0.6) is 0 Å². The van der Waals surface area contributed by atoms with Gasteiger partial charge in [0.15, 0.2) is 9.92 Å². The lowest BCUT2D eigenvalue weighted by molar-refractivity contribution is 0.0119. The van der Waals surface area contributed by atoms with Gasteiger partial charge in [0.2, 0.25) is 0 Å². The Morgan fingerprint density at radius 3 is 1.84 bits per heavy atom. The molecule has 2 aromatic carbocycles. The summed E-state index contributed by atoms with van der Waals surface area (Å²) in [6.45, 7) is 3.85. The molecule has 32 heavy (non-hydrogen) atoms. The molecule has 0 saturated heterocycles. The highest BCUT2D eigenvalue weighted by Crippen LogP contribution is 2.61. The number of alkyl halides is 1. The summed E-state index contributed by atoms with van der Waals surface area (Å²) in [5.74, 6) is 1.14. The van der Waals surface area contributed by atoms with Crippen molar-refractivity contribution in [3.8, 4) is 0 Å². The van der Waals surface area contributed by atoms with Crippen molar-refractivity contribution in [1.82, 2.24) is 4.72 Å². The molecular formula is C24H29BrN2O3S2. The van der Waals surface area contributed by atoms with Crippen molar-refractivity contribution in [3.05, 3.63) is 59.7 Å². The molecule has 4 saturated carbocycles. The van der Waals surface area contributed by atoms with Gasteiger partial charge in [0.1, 0.15) is 0 Å². The number of hydrogen-bond donors (Lipinski definition) is 1. The number of halogens is 1. The van der Waals surface area contributed by atoms with Gasteiger partial charge in [-0.2, -0.15) is 8.42 Å². The second kappa shape index (κ2) is 7.65. The molecule has 4 fully saturated rings. The Labute approximate surface area is 199 Å². The molecule has 0 spiro atoms. The molecule has 5 atom stereocenters. The molecular weight excluding hydrogens is 508 g/mol.